The monoisotopic (exact) mass is 552 g/mol. The van der Waals surface area contributed by atoms with Crippen molar-refractivity contribution in [2.45, 2.75) is 32.7 Å². The Labute approximate surface area is 225 Å². The van der Waals surface area contributed by atoms with Crippen LogP contribution >= 0.6 is 0 Å². The number of halogens is 3. The zero-order valence-electron chi connectivity index (χ0n) is 21.5. The van der Waals surface area contributed by atoms with E-state index in [-0.39, 0.29) is 17.9 Å². The van der Waals surface area contributed by atoms with E-state index in [1.807, 2.05) is 13.8 Å². The van der Waals surface area contributed by atoms with Crippen molar-refractivity contribution >= 4 is 5.91 Å². The minimum atomic E-state index is -4.80. The van der Waals surface area contributed by atoms with Crippen molar-refractivity contribution in [2.24, 2.45) is 7.05 Å². The van der Waals surface area contributed by atoms with E-state index < -0.39 is 41.1 Å². The van der Waals surface area contributed by atoms with Crippen LogP contribution in [0.25, 0.3) is 34.3 Å². The standard InChI is InChI=1S/C27H23F3N6O4/c1-14-19(15(2)36(3)33-14)13-31-25(38)22(37)17-9-11-18(12-10-17)24-32-26(40-35-24)23-20(27(28,29)30)21(34-39-23)16-7-5-4-6-8-16/h4-12,22,37H,13H2,1-3H3,(H,31,38)/t22-/m1/s1. The lowest BCUT2D eigenvalue weighted by atomic mass is 10.1. The highest BCUT2D eigenvalue weighted by atomic mass is 19.4. The third-order valence-corrected chi connectivity index (χ3v) is 6.47. The van der Waals surface area contributed by atoms with Gasteiger partial charge < -0.3 is 19.5 Å². The predicted molar refractivity (Wildman–Crippen MR) is 135 cm³/mol. The van der Waals surface area contributed by atoms with Gasteiger partial charge in [0, 0.05) is 36.0 Å². The van der Waals surface area contributed by atoms with Crippen LogP contribution in [-0.2, 0) is 24.6 Å². The van der Waals surface area contributed by atoms with Crippen molar-refractivity contribution in [1.82, 2.24) is 30.4 Å². The van der Waals surface area contributed by atoms with Crippen LogP contribution in [-0.4, -0.2) is 36.1 Å². The van der Waals surface area contributed by atoms with Crippen molar-refractivity contribution in [3.63, 3.8) is 0 Å². The van der Waals surface area contributed by atoms with Crippen LogP contribution in [0.15, 0.2) is 63.6 Å². The summed E-state index contributed by atoms with van der Waals surface area (Å²) in [5.74, 6) is -1.82. The molecule has 10 nitrogen and oxygen atoms in total. The largest absolute Gasteiger partial charge is 0.422 e. The molecule has 0 aliphatic heterocycles. The molecule has 2 N–H and O–H groups in total. The maximum atomic E-state index is 14.0. The molecule has 1 amide bonds. The first-order valence-corrected chi connectivity index (χ1v) is 12.1. The Hall–Kier alpha value is -4.78. The number of nitrogens with zero attached hydrogens (tertiary/aromatic N) is 5. The molecular formula is C27H23F3N6O4. The second-order valence-electron chi connectivity index (χ2n) is 9.04. The van der Waals surface area contributed by atoms with Gasteiger partial charge in [-0.05, 0) is 19.4 Å². The maximum absolute atomic E-state index is 14.0. The molecule has 3 aromatic heterocycles. The van der Waals surface area contributed by atoms with Gasteiger partial charge in [0.2, 0.25) is 11.6 Å². The van der Waals surface area contributed by atoms with Gasteiger partial charge in [0.1, 0.15) is 11.3 Å². The topological polar surface area (TPSA) is 132 Å². The predicted octanol–water partition coefficient (Wildman–Crippen LogP) is 4.78. The molecular weight excluding hydrogens is 529 g/mol. The van der Waals surface area contributed by atoms with Gasteiger partial charge in [-0.15, -0.1) is 0 Å². The SMILES string of the molecule is Cc1nn(C)c(C)c1CNC(=O)[C@H](O)c1ccc(-c2noc(-c3onc(-c4ccccc4)c3C(F)(F)F)n2)cc1. The summed E-state index contributed by atoms with van der Waals surface area (Å²) in [7, 11) is 1.81. The van der Waals surface area contributed by atoms with E-state index in [2.05, 4.69) is 25.7 Å². The van der Waals surface area contributed by atoms with Crippen molar-refractivity contribution in [3.05, 3.63) is 82.7 Å². The summed E-state index contributed by atoms with van der Waals surface area (Å²) in [6.07, 6.45) is -6.26. The first-order chi connectivity index (χ1) is 19.0. The zero-order chi connectivity index (χ0) is 28.6. The molecule has 3 heterocycles. The summed E-state index contributed by atoms with van der Waals surface area (Å²) in [5, 5.41) is 24.9. The summed E-state index contributed by atoms with van der Waals surface area (Å²) < 4.78 is 53.7. The third-order valence-electron chi connectivity index (χ3n) is 6.47. The van der Waals surface area contributed by atoms with E-state index in [1.54, 1.807) is 29.9 Å². The third kappa shape index (κ3) is 5.10. The number of alkyl halides is 3. The molecule has 0 bridgehead atoms. The van der Waals surface area contributed by atoms with Gasteiger partial charge in [-0.2, -0.15) is 23.3 Å². The molecule has 0 spiro atoms. The fourth-order valence-electron chi connectivity index (χ4n) is 4.24. The van der Waals surface area contributed by atoms with Crippen LogP contribution in [0.2, 0.25) is 0 Å². The quantitative estimate of drug-likeness (QED) is 0.295. The highest BCUT2D eigenvalue weighted by Gasteiger charge is 2.43. The number of nitrogens with one attached hydrogen (secondary N) is 1. The first kappa shape index (κ1) is 26.8. The zero-order valence-corrected chi connectivity index (χ0v) is 21.5. The second kappa shape index (κ2) is 10.4. The Balaban J connectivity index is 1.33. The van der Waals surface area contributed by atoms with Crippen molar-refractivity contribution < 1.29 is 32.1 Å². The molecule has 40 heavy (non-hydrogen) atoms. The molecule has 0 radical (unpaired) electrons. The molecule has 1 atom stereocenters. The normalized spacial score (nSPS) is 12.5. The van der Waals surface area contributed by atoms with Crippen molar-refractivity contribution in [1.29, 1.82) is 0 Å². The number of benzene rings is 2. The number of aliphatic hydroxyl groups excluding tert-OH is 1. The fraction of sp³-hybridized carbons (Fsp3) is 0.222. The van der Waals surface area contributed by atoms with Crippen molar-refractivity contribution in [2.75, 3.05) is 0 Å². The molecule has 0 aliphatic carbocycles. The Morgan fingerprint density at radius 3 is 2.35 bits per heavy atom. The number of aryl methyl sites for hydroxylation is 2. The van der Waals surface area contributed by atoms with E-state index in [1.165, 1.54) is 36.4 Å². The minimum Gasteiger partial charge on any atom is -0.378 e. The molecule has 13 heteroatoms. The smallest absolute Gasteiger partial charge is 0.378 e. The number of rotatable bonds is 7. The summed E-state index contributed by atoms with van der Waals surface area (Å²) in [5.41, 5.74) is 1.91. The molecule has 5 rings (SSSR count). The Morgan fingerprint density at radius 2 is 1.73 bits per heavy atom. The molecule has 0 aliphatic rings. The van der Waals surface area contributed by atoms with Crippen molar-refractivity contribution in [3.8, 4) is 34.3 Å². The Bertz CT molecular complexity index is 1660. The van der Waals surface area contributed by atoms with Crippen LogP contribution in [0, 0.1) is 13.8 Å². The Morgan fingerprint density at radius 1 is 1.02 bits per heavy atom. The van der Waals surface area contributed by atoms with E-state index in [0.29, 0.717) is 11.1 Å². The maximum Gasteiger partial charge on any atom is 0.422 e. The van der Waals surface area contributed by atoms with Gasteiger partial charge in [-0.3, -0.25) is 9.48 Å². The van der Waals surface area contributed by atoms with Gasteiger partial charge >= 0.3 is 6.18 Å². The molecule has 0 saturated carbocycles. The van der Waals surface area contributed by atoms with Crippen LogP contribution in [0.4, 0.5) is 13.2 Å². The van der Waals surface area contributed by atoms with Crippen LogP contribution in [0.1, 0.15) is 34.2 Å². The lowest BCUT2D eigenvalue weighted by Crippen LogP contribution is -2.29. The molecule has 2 aromatic carbocycles. The van der Waals surface area contributed by atoms with E-state index in [9.17, 15) is 23.1 Å². The fourth-order valence-corrected chi connectivity index (χ4v) is 4.24. The Kier molecular flexibility index (Phi) is 6.98. The molecule has 0 unspecified atom stereocenters. The number of aliphatic hydroxyl groups is 1. The number of amides is 1. The summed E-state index contributed by atoms with van der Waals surface area (Å²) >= 11 is 0. The molecule has 0 saturated heterocycles. The summed E-state index contributed by atoms with van der Waals surface area (Å²) in [4.78, 5) is 16.6. The van der Waals surface area contributed by atoms with Gasteiger partial charge in [-0.25, -0.2) is 0 Å². The van der Waals surface area contributed by atoms with Crippen LogP contribution in [0.3, 0.4) is 0 Å². The van der Waals surface area contributed by atoms with Crippen LogP contribution in [0.5, 0.6) is 0 Å². The van der Waals surface area contributed by atoms with Gasteiger partial charge in [0.15, 0.2) is 6.10 Å². The molecule has 206 valence electrons. The molecule has 5 aromatic rings. The second-order valence-corrected chi connectivity index (χ2v) is 9.04. The molecule has 0 fully saturated rings. The summed E-state index contributed by atoms with van der Waals surface area (Å²) in [6.45, 7) is 3.93. The number of hydrogen-bond donors (Lipinski definition) is 2. The minimum absolute atomic E-state index is 0.0196. The number of aromatic nitrogens is 5. The highest BCUT2D eigenvalue weighted by molar-refractivity contribution is 5.82. The number of hydrogen-bond acceptors (Lipinski definition) is 8. The lowest BCUT2D eigenvalue weighted by molar-refractivity contribution is -0.137. The lowest BCUT2D eigenvalue weighted by Gasteiger charge is -2.12. The van der Waals surface area contributed by atoms with Gasteiger partial charge in [-0.1, -0.05) is 64.9 Å². The van der Waals surface area contributed by atoms with Gasteiger partial charge in [0.25, 0.3) is 11.8 Å². The van der Waals surface area contributed by atoms with E-state index >= 15 is 0 Å². The highest BCUT2D eigenvalue weighted by Crippen LogP contribution is 2.43. The van der Waals surface area contributed by atoms with Gasteiger partial charge in [0.05, 0.1) is 5.69 Å². The first-order valence-electron chi connectivity index (χ1n) is 12.1. The average Bonchev–Trinajstić information content (AvgIpc) is 3.65. The van der Waals surface area contributed by atoms with E-state index in [4.69, 9.17) is 9.05 Å². The number of carbonyl (C=O) groups is 1. The van der Waals surface area contributed by atoms with Crippen LogP contribution < -0.4 is 5.32 Å². The summed E-state index contributed by atoms with van der Waals surface area (Å²) in [6, 6.07) is 13.8. The van der Waals surface area contributed by atoms with E-state index in [0.717, 1.165) is 17.0 Å². The average molecular weight is 553 g/mol. The number of carbonyl (C=O) groups excluding carboxylic acids is 1.